The van der Waals surface area contributed by atoms with Crippen molar-refractivity contribution in [2.45, 2.75) is 11.8 Å². The number of benzene rings is 1. The molecule has 3 heterocycles. The first kappa shape index (κ1) is 20.5. The highest BCUT2D eigenvalue weighted by atomic mass is 35.5. The Morgan fingerprint density at radius 1 is 0.933 bits per heavy atom. The first-order valence-electron chi connectivity index (χ1n) is 9.46. The Hall–Kier alpha value is -2.75. The van der Waals surface area contributed by atoms with E-state index >= 15 is 0 Å². The third kappa shape index (κ3) is 4.38. The van der Waals surface area contributed by atoms with E-state index in [0.717, 1.165) is 5.56 Å². The first-order valence-corrected chi connectivity index (χ1v) is 11.3. The molecule has 1 saturated heterocycles. The van der Waals surface area contributed by atoms with Gasteiger partial charge in [-0.05, 0) is 42.8 Å². The fourth-order valence-electron chi connectivity index (χ4n) is 3.18. The van der Waals surface area contributed by atoms with Crippen LogP contribution in [-0.2, 0) is 10.0 Å². The molecule has 30 heavy (non-hydrogen) atoms. The maximum atomic E-state index is 12.9. The second-order valence-electron chi connectivity index (χ2n) is 6.94. The lowest BCUT2D eigenvalue weighted by atomic mass is 10.3. The van der Waals surface area contributed by atoms with Gasteiger partial charge in [0, 0.05) is 32.4 Å². The van der Waals surface area contributed by atoms with Crippen LogP contribution in [0.3, 0.4) is 0 Å². The molecule has 0 aliphatic carbocycles. The average molecular weight is 445 g/mol. The monoisotopic (exact) mass is 444 g/mol. The van der Waals surface area contributed by atoms with E-state index in [4.69, 9.17) is 11.6 Å². The maximum absolute atomic E-state index is 12.9. The van der Waals surface area contributed by atoms with Crippen LogP contribution < -0.4 is 10.2 Å². The molecule has 156 valence electrons. The summed E-state index contributed by atoms with van der Waals surface area (Å²) in [5.41, 5.74) is 1.08. The van der Waals surface area contributed by atoms with Crippen molar-refractivity contribution >= 4 is 39.1 Å². The van der Waals surface area contributed by atoms with Gasteiger partial charge in [0.1, 0.15) is 10.7 Å². The predicted octanol–water partition coefficient (Wildman–Crippen LogP) is 3.09. The van der Waals surface area contributed by atoms with Crippen molar-refractivity contribution < 1.29 is 8.42 Å². The summed E-state index contributed by atoms with van der Waals surface area (Å²) >= 11 is 6.09. The molecule has 1 fully saturated rings. The lowest BCUT2D eigenvalue weighted by molar-refractivity contribution is 0.383. The zero-order valence-electron chi connectivity index (χ0n) is 16.4. The summed E-state index contributed by atoms with van der Waals surface area (Å²) in [7, 11) is -3.62. The molecule has 3 aromatic rings. The highest BCUT2D eigenvalue weighted by Crippen LogP contribution is 2.26. The van der Waals surface area contributed by atoms with Crippen LogP contribution in [0.15, 0.2) is 59.6 Å². The van der Waals surface area contributed by atoms with Crippen LogP contribution in [0, 0.1) is 6.92 Å². The molecule has 2 aromatic heterocycles. The van der Waals surface area contributed by atoms with Gasteiger partial charge in [-0.15, -0.1) is 10.2 Å². The van der Waals surface area contributed by atoms with Crippen LogP contribution in [-0.4, -0.2) is 54.1 Å². The van der Waals surface area contributed by atoms with E-state index in [1.54, 1.807) is 24.4 Å². The molecule has 1 aromatic carbocycles. The van der Waals surface area contributed by atoms with Gasteiger partial charge >= 0.3 is 0 Å². The summed E-state index contributed by atoms with van der Waals surface area (Å²) in [6.07, 6.45) is 1.78. The molecule has 10 heteroatoms. The van der Waals surface area contributed by atoms with Crippen LogP contribution in [0.5, 0.6) is 0 Å². The summed E-state index contributed by atoms with van der Waals surface area (Å²) in [6, 6.07) is 14.0. The number of aromatic nitrogens is 3. The molecular formula is C20H21ClN6O2S. The van der Waals surface area contributed by atoms with E-state index in [1.807, 2.05) is 36.1 Å². The quantitative estimate of drug-likeness (QED) is 0.646. The number of piperazine rings is 1. The minimum Gasteiger partial charge on any atom is -0.352 e. The third-order valence-electron chi connectivity index (χ3n) is 4.84. The largest absolute Gasteiger partial charge is 0.352 e. The molecule has 0 unspecified atom stereocenters. The Kier molecular flexibility index (Phi) is 5.85. The van der Waals surface area contributed by atoms with Gasteiger partial charge < -0.3 is 10.2 Å². The van der Waals surface area contributed by atoms with E-state index in [9.17, 15) is 8.42 Å². The number of pyridine rings is 1. The number of nitrogens with one attached hydrogen (secondary N) is 1. The highest BCUT2D eigenvalue weighted by Gasteiger charge is 2.30. The normalized spacial score (nSPS) is 15.2. The standard InChI is InChI=1S/C20H21ClN6O2S/c1-15-6-7-18(22-14-15)23-19-8-9-20(25-24-19)26-10-12-27(13-11-26)30(28,29)17-5-3-2-4-16(17)21/h2-9,14H,10-13H2,1H3,(H,22,23,24). The Balaban J connectivity index is 1.39. The SMILES string of the molecule is Cc1ccc(Nc2ccc(N3CCN(S(=O)(=O)c4ccccc4Cl)CC3)nn2)nc1. The molecule has 0 amide bonds. The van der Waals surface area contributed by atoms with Crippen LogP contribution >= 0.6 is 11.6 Å². The van der Waals surface area contributed by atoms with Gasteiger partial charge in [0.25, 0.3) is 0 Å². The summed E-state index contributed by atoms with van der Waals surface area (Å²) in [5, 5.41) is 11.8. The minimum absolute atomic E-state index is 0.139. The fourth-order valence-corrected chi connectivity index (χ4v) is 5.10. The Morgan fingerprint density at radius 2 is 1.67 bits per heavy atom. The van der Waals surface area contributed by atoms with Crippen LogP contribution in [0.25, 0.3) is 0 Å². The number of hydrogen-bond donors (Lipinski definition) is 1. The van der Waals surface area contributed by atoms with Crippen molar-refractivity contribution in [3.8, 4) is 0 Å². The average Bonchev–Trinajstić information content (AvgIpc) is 2.76. The fraction of sp³-hybridized carbons (Fsp3) is 0.250. The van der Waals surface area contributed by atoms with E-state index < -0.39 is 10.0 Å². The van der Waals surface area contributed by atoms with Gasteiger partial charge in [-0.3, -0.25) is 0 Å². The molecule has 1 aliphatic heterocycles. The molecule has 4 rings (SSSR count). The van der Waals surface area contributed by atoms with Crippen LogP contribution in [0.1, 0.15) is 5.56 Å². The topological polar surface area (TPSA) is 91.3 Å². The van der Waals surface area contributed by atoms with Crippen molar-refractivity contribution in [1.29, 1.82) is 0 Å². The van der Waals surface area contributed by atoms with Gasteiger partial charge in [-0.2, -0.15) is 4.31 Å². The van der Waals surface area contributed by atoms with Crippen molar-refractivity contribution in [1.82, 2.24) is 19.5 Å². The smallest absolute Gasteiger partial charge is 0.244 e. The van der Waals surface area contributed by atoms with Gasteiger partial charge in [0.05, 0.1) is 5.02 Å². The predicted molar refractivity (Wildman–Crippen MR) is 117 cm³/mol. The summed E-state index contributed by atoms with van der Waals surface area (Å²) in [4.78, 5) is 6.44. The number of sulfonamides is 1. The van der Waals surface area contributed by atoms with E-state index in [0.29, 0.717) is 43.6 Å². The van der Waals surface area contributed by atoms with Crippen LogP contribution in [0.4, 0.5) is 17.5 Å². The molecule has 0 spiro atoms. The molecule has 0 atom stereocenters. The maximum Gasteiger partial charge on any atom is 0.244 e. The molecule has 0 radical (unpaired) electrons. The number of hydrogen-bond acceptors (Lipinski definition) is 7. The van der Waals surface area contributed by atoms with E-state index in [-0.39, 0.29) is 9.92 Å². The lowest BCUT2D eigenvalue weighted by Gasteiger charge is -2.34. The molecule has 0 bridgehead atoms. The number of aryl methyl sites for hydroxylation is 1. The second kappa shape index (κ2) is 8.55. The molecule has 8 nitrogen and oxygen atoms in total. The first-order chi connectivity index (χ1) is 14.4. The van der Waals surface area contributed by atoms with Gasteiger partial charge in [0.15, 0.2) is 11.6 Å². The van der Waals surface area contributed by atoms with E-state index in [2.05, 4.69) is 20.5 Å². The van der Waals surface area contributed by atoms with Gasteiger partial charge in [0.2, 0.25) is 10.0 Å². The van der Waals surface area contributed by atoms with Gasteiger partial charge in [-0.25, -0.2) is 13.4 Å². The number of rotatable bonds is 5. The van der Waals surface area contributed by atoms with Crippen molar-refractivity contribution in [2.75, 3.05) is 36.4 Å². The third-order valence-corrected chi connectivity index (χ3v) is 7.23. The van der Waals surface area contributed by atoms with Crippen LogP contribution in [0.2, 0.25) is 5.02 Å². The summed E-state index contributed by atoms with van der Waals surface area (Å²) in [5.74, 6) is 1.99. The van der Waals surface area contributed by atoms with Crippen molar-refractivity contribution in [3.05, 3.63) is 65.3 Å². The minimum atomic E-state index is -3.62. The summed E-state index contributed by atoms with van der Waals surface area (Å²) in [6.45, 7) is 3.71. The van der Waals surface area contributed by atoms with Crippen molar-refractivity contribution in [3.63, 3.8) is 0 Å². The lowest BCUT2D eigenvalue weighted by Crippen LogP contribution is -2.49. The molecule has 1 aliphatic rings. The Morgan fingerprint density at radius 3 is 2.30 bits per heavy atom. The Bertz CT molecular complexity index is 1110. The summed E-state index contributed by atoms with van der Waals surface area (Å²) < 4.78 is 27.2. The highest BCUT2D eigenvalue weighted by molar-refractivity contribution is 7.89. The molecule has 0 saturated carbocycles. The number of anilines is 3. The number of halogens is 1. The van der Waals surface area contributed by atoms with Crippen molar-refractivity contribution in [2.24, 2.45) is 0 Å². The van der Waals surface area contributed by atoms with Gasteiger partial charge in [-0.1, -0.05) is 29.8 Å². The second-order valence-corrected chi connectivity index (χ2v) is 9.26. The Labute approximate surface area is 180 Å². The van der Waals surface area contributed by atoms with E-state index in [1.165, 1.54) is 10.4 Å². The zero-order valence-corrected chi connectivity index (χ0v) is 17.9. The number of nitrogens with zero attached hydrogens (tertiary/aromatic N) is 5. The molecule has 1 N–H and O–H groups in total. The molecular weight excluding hydrogens is 424 g/mol. The zero-order chi connectivity index (χ0) is 21.1.